The number of rotatable bonds is 15. The van der Waals surface area contributed by atoms with Crippen molar-refractivity contribution in [2.75, 3.05) is 0 Å². The van der Waals surface area contributed by atoms with Gasteiger partial charge in [0.05, 0.1) is 33.2 Å². The van der Waals surface area contributed by atoms with E-state index in [0.29, 0.717) is 0 Å². The highest BCUT2D eigenvalue weighted by atomic mass is 28.3. The van der Waals surface area contributed by atoms with Crippen molar-refractivity contribution in [1.82, 2.24) is 15.0 Å². The summed E-state index contributed by atoms with van der Waals surface area (Å²) in [4.78, 5) is 15.1. The van der Waals surface area contributed by atoms with Crippen LogP contribution in [0.25, 0.3) is 78.3 Å². The van der Waals surface area contributed by atoms with E-state index in [2.05, 4.69) is 264 Å². The third-order valence-electron chi connectivity index (χ3n) is 14.0. The van der Waals surface area contributed by atoms with Crippen LogP contribution in [0, 0.1) is 0 Å². The van der Waals surface area contributed by atoms with Crippen LogP contribution >= 0.6 is 0 Å². The molecule has 3 heterocycles. The van der Waals surface area contributed by atoms with Gasteiger partial charge in [-0.3, -0.25) is 15.0 Å². The van der Waals surface area contributed by atoms with Crippen LogP contribution in [-0.2, 0) is 25.7 Å². The van der Waals surface area contributed by atoms with Gasteiger partial charge in [-0.2, -0.15) is 0 Å². The highest BCUT2D eigenvalue weighted by molar-refractivity contribution is 6.89. The lowest BCUT2D eigenvalue weighted by Crippen LogP contribution is -2.37. The molecule has 3 aromatic heterocycles. The number of benzene rings is 7. The van der Waals surface area contributed by atoms with Gasteiger partial charge in [0.25, 0.3) is 0 Å². The number of hydrogen-bond donors (Lipinski definition) is 0. The number of aryl methyl sites for hydroxylation is 4. The molecule has 0 radical (unpaired) electrons. The van der Waals surface area contributed by atoms with Crippen molar-refractivity contribution in [3.63, 3.8) is 0 Å². The van der Waals surface area contributed by atoms with Gasteiger partial charge in [-0.25, -0.2) is 0 Å². The quantitative estimate of drug-likeness (QED) is 0.0961. The zero-order chi connectivity index (χ0) is 49.7. The second-order valence-corrected chi connectivity index (χ2v) is 31.4. The van der Waals surface area contributed by atoms with Crippen molar-refractivity contribution in [1.29, 1.82) is 0 Å². The van der Waals surface area contributed by atoms with E-state index in [1.54, 1.807) is 0 Å². The largest absolute Gasteiger partial charge is 0.256 e. The third-order valence-corrected chi connectivity index (χ3v) is 18.0. The summed E-state index contributed by atoms with van der Waals surface area (Å²) in [7, 11) is -2.89. The normalized spacial score (nSPS) is 11.7. The Balaban J connectivity index is 0.994. The van der Waals surface area contributed by atoms with Gasteiger partial charge in [0.2, 0.25) is 0 Å². The van der Waals surface area contributed by atoms with Crippen LogP contribution in [0.15, 0.2) is 225 Å². The Morgan fingerprint density at radius 2 is 0.708 bits per heavy atom. The lowest BCUT2D eigenvalue weighted by molar-refractivity contribution is 0.923. The number of hydrogen-bond acceptors (Lipinski definition) is 3. The first-order chi connectivity index (χ1) is 34.9. The molecule has 0 aliphatic rings. The molecule has 0 bridgehead atoms. The molecule has 5 heteroatoms. The van der Waals surface area contributed by atoms with Gasteiger partial charge < -0.3 is 0 Å². The number of pyridine rings is 3. The van der Waals surface area contributed by atoms with Crippen LogP contribution in [0.1, 0.15) is 22.3 Å². The Labute approximate surface area is 429 Å². The fourth-order valence-electron chi connectivity index (χ4n) is 9.68. The van der Waals surface area contributed by atoms with Gasteiger partial charge in [-0.05, 0) is 116 Å². The zero-order valence-electron chi connectivity index (χ0n) is 42.5. The average Bonchev–Trinajstić information content (AvgIpc) is 3.42. The predicted molar refractivity (Wildman–Crippen MR) is 312 cm³/mol. The lowest BCUT2D eigenvalue weighted by Gasteiger charge is -2.18. The van der Waals surface area contributed by atoms with E-state index in [9.17, 15) is 0 Å². The van der Waals surface area contributed by atoms with Crippen LogP contribution in [0.5, 0.6) is 0 Å². The summed E-state index contributed by atoms with van der Waals surface area (Å²) in [6, 6.07) is 75.4. The molecule has 0 saturated carbocycles. The van der Waals surface area contributed by atoms with E-state index >= 15 is 0 Å². The van der Waals surface area contributed by atoms with Gasteiger partial charge in [0, 0.05) is 29.7 Å². The summed E-state index contributed by atoms with van der Waals surface area (Å²) in [5.74, 6) is 0. The van der Waals surface area contributed by atoms with Gasteiger partial charge in [-0.15, -0.1) is 0 Å². The maximum atomic E-state index is 5.14. The molecule has 0 aliphatic heterocycles. The Bertz CT molecular complexity index is 3320. The number of nitrogens with zero attached hydrogens (tertiary/aromatic N) is 3. The molecule has 0 spiro atoms. The summed E-state index contributed by atoms with van der Waals surface area (Å²) >= 11 is 0. The van der Waals surface area contributed by atoms with Crippen LogP contribution in [0.4, 0.5) is 0 Å². The van der Waals surface area contributed by atoms with E-state index in [4.69, 9.17) is 15.0 Å². The molecule has 3 nitrogen and oxygen atoms in total. The minimum Gasteiger partial charge on any atom is -0.256 e. The highest BCUT2D eigenvalue weighted by Gasteiger charge is 2.20. The zero-order valence-corrected chi connectivity index (χ0v) is 44.5. The summed E-state index contributed by atoms with van der Waals surface area (Å²) < 4.78 is 0. The van der Waals surface area contributed by atoms with Crippen LogP contribution < -0.4 is 10.4 Å². The number of aromatic nitrogens is 3. The van der Waals surface area contributed by atoms with Crippen molar-refractivity contribution < 1.29 is 0 Å². The van der Waals surface area contributed by atoms with E-state index in [0.717, 1.165) is 70.6 Å². The van der Waals surface area contributed by atoms with Crippen molar-refractivity contribution in [3.05, 3.63) is 247 Å². The van der Waals surface area contributed by atoms with Crippen molar-refractivity contribution in [2.45, 2.75) is 65.0 Å². The first-order valence-electron chi connectivity index (χ1n) is 25.5. The third kappa shape index (κ3) is 11.3. The van der Waals surface area contributed by atoms with Crippen LogP contribution in [0.3, 0.4) is 0 Å². The standard InChI is InChI=1S/C67H63N3Si2/c1-71(2,3)59-23-15-21-56(42-59)65-37-31-48(45-68-65)27-29-50-39-51(30-28-49-32-38-66(69-46-49)57-22-16-24-60(43-57)72(4,5)6)41-58(40-50)61-25-13-14-26-62(61)64-47-70-67(55-19-11-8-12-20-55)44-63(64)54-35-33-53(34-36-54)52-17-9-7-10-18-52/h7-26,31-47H,27-30H2,1-6H3. The first kappa shape index (κ1) is 48.1. The molecule has 354 valence electrons. The molecule has 0 unspecified atom stereocenters. The van der Waals surface area contributed by atoms with Gasteiger partial charge in [0.15, 0.2) is 0 Å². The topological polar surface area (TPSA) is 38.7 Å². The van der Waals surface area contributed by atoms with E-state index in [-0.39, 0.29) is 0 Å². The maximum Gasteiger partial charge on any atom is 0.0776 e. The second-order valence-electron chi connectivity index (χ2n) is 21.3. The fourth-order valence-corrected chi connectivity index (χ4v) is 12.0. The molecule has 0 atom stereocenters. The van der Waals surface area contributed by atoms with Crippen molar-refractivity contribution in [3.8, 4) is 78.3 Å². The molecule has 0 aliphatic carbocycles. The Morgan fingerprint density at radius 1 is 0.264 bits per heavy atom. The van der Waals surface area contributed by atoms with Crippen LogP contribution in [0.2, 0.25) is 39.3 Å². The molecule has 72 heavy (non-hydrogen) atoms. The Morgan fingerprint density at radius 3 is 1.22 bits per heavy atom. The molecular weight excluding hydrogens is 903 g/mol. The van der Waals surface area contributed by atoms with Crippen molar-refractivity contribution in [2.24, 2.45) is 0 Å². The van der Waals surface area contributed by atoms with Gasteiger partial charge in [0.1, 0.15) is 0 Å². The monoisotopic (exact) mass is 965 g/mol. The summed E-state index contributed by atoms with van der Waals surface area (Å²) in [5.41, 5.74) is 21.0. The molecule has 0 fully saturated rings. The SMILES string of the molecule is C[Si](C)(C)c1cccc(-c2ccc(CCc3cc(CCc4ccc(-c5cccc([Si](C)(C)C)c5)nc4)cc(-c4ccccc4-c4cnc(-c5ccccc5)cc4-c4ccc(-c5ccccc5)cc4)c3)cn2)c1. The highest BCUT2D eigenvalue weighted by Crippen LogP contribution is 2.41. The minimum atomic E-state index is -1.44. The summed E-state index contributed by atoms with van der Waals surface area (Å²) in [6.45, 7) is 14.4. The molecule has 0 saturated heterocycles. The summed E-state index contributed by atoms with van der Waals surface area (Å²) in [5, 5.41) is 2.91. The average molecular weight is 966 g/mol. The second kappa shape index (κ2) is 21.0. The summed E-state index contributed by atoms with van der Waals surface area (Å²) in [6.07, 6.45) is 9.82. The van der Waals surface area contributed by atoms with E-state index < -0.39 is 16.1 Å². The molecule has 0 amide bonds. The van der Waals surface area contributed by atoms with E-state index in [1.165, 1.54) is 66.0 Å². The predicted octanol–water partition coefficient (Wildman–Crippen LogP) is 16.2. The molecular formula is C67H63N3Si2. The molecule has 0 N–H and O–H groups in total. The smallest absolute Gasteiger partial charge is 0.0776 e. The Hall–Kier alpha value is -7.58. The molecule has 10 aromatic rings. The fraction of sp³-hybridized carbons (Fsp3) is 0.149. The van der Waals surface area contributed by atoms with Gasteiger partial charge >= 0.3 is 0 Å². The van der Waals surface area contributed by atoms with Gasteiger partial charge in [-0.1, -0.05) is 238 Å². The Kier molecular flexibility index (Phi) is 14.0. The lowest BCUT2D eigenvalue weighted by atomic mass is 9.87. The maximum absolute atomic E-state index is 5.14. The van der Waals surface area contributed by atoms with Crippen molar-refractivity contribution >= 4 is 26.5 Å². The molecule has 7 aromatic carbocycles. The van der Waals surface area contributed by atoms with E-state index in [1.807, 2.05) is 0 Å². The van der Waals surface area contributed by atoms with Crippen LogP contribution in [-0.4, -0.2) is 31.1 Å². The molecule has 10 rings (SSSR count). The minimum absolute atomic E-state index is 0.894. The first-order valence-corrected chi connectivity index (χ1v) is 32.5.